The number of hydrogen-bond donors (Lipinski definition) is 2. The van der Waals surface area contributed by atoms with Crippen molar-refractivity contribution in [1.29, 1.82) is 0 Å². The molecular weight excluding hydrogens is 214 g/mol. The van der Waals surface area contributed by atoms with Crippen molar-refractivity contribution in [1.82, 2.24) is 15.4 Å². The van der Waals surface area contributed by atoms with Crippen molar-refractivity contribution in [2.24, 2.45) is 7.05 Å². The summed E-state index contributed by atoms with van der Waals surface area (Å²) in [5.41, 5.74) is 7.36. The predicted octanol–water partition coefficient (Wildman–Crippen LogP) is 1.82. The van der Waals surface area contributed by atoms with E-state index in [1.807, 2.05) is 55.9 Å². The highest BCUT2D eigenvalue weighted by Gasteiger charge is 2.13. The van der Waals surface area contributed by atoms with Crippen LogP contribution >= 0.6 is 0 Å². The lowest BCUT2D eigenvalue weighted by Gasteiger charge is -2.09. The molecule has 0 aliphatic carbocycles. The van der Waals surface area contributed by atoms with Gasteiger partial charge < -0.3 is 4.57 Å². The Morgan fingerprint density at radius 3 is 2.71 bits per heavy atom. The van der Waals surface area contributed by atoms with Crippen molar-refractivity contribution in [2.45, 2.75) is 19.9 Å². The minimum Gasteiger partial charge on any atom is -0.350 e. The monoisotopic (exact) mass is 231 g/mol. The second-order valence-corrected chi connectivity index (χ2v) is 4.42. The van der Waals surface area contributed by atoms with Crippen molar-refractivity contribution in [3.05, 3.63) is 36.0 Å². The molecule has 0 aliphatic rings. The second kappa shape index (κ2) is 4.59. The first-order valence-electron chi connectivity index (χ1n) is 5.69. The Kier molecular flexibility index (Phi) is 3.15. The highest BCUT2D eigenvalue weighted by molar-refractivity contribution is 6.06. The fraction of sp³-hybridized carbons (Fsp3) is 0.308. The number of amides is 1. The maximum atomic E-state index is 12.0. The largest absolute Gasteiger partial charge is 0.350 e. The Morgan fingerprint density at radius 1 is 1.29 bits per heavy atom. The summed E-state index contributed by atoms with van der Waals surface area (Å²) in [7, 11) is 1.94. The van der Waals surface area contributed by atoms with E-state index in [4.69, 9.17) is 0 Å². The molecule has 0 aliphatic heterocycles. The molecule has 0 saturated carbocycles. The Bertz CT molecular complexity index is 543. The molecule has 1 aromatic carbocycles. The molecule has 17 heavy (non-hydrogen) atoms. The van der Waals surface area contributed by atoms with Gasteiger partial charge in [-0.1, -0.05) is 18.2 Å². The normalized spacial score (nSPS) is 11.1. The zero-order valence-electron chi connectivity index (χ0n) is 10.3. The lowest BCUT2D eigenvalue weighted by Crippen LogP contribution is -2.41. The number of hydrogen-bond acceptors (Lipinski definition) is 2. The summed E-state index contributed by atoms with van der Waals surface area (Å²) in [6.07, 6.45) is 1.85. The number of fused-ring (bicyclic) bond motifs is 1. The zero-order chi connectivity index (χ0) is 12.4. The molecule has 1 heterocycles. The van der Waals surface area contributed by atoms with Crippen LogP contribution in [0.4, 0.5) is 0 Å². The summed E-state index contributed by atoms with van der Waals surface area (Å²) in [6.45, 7) is 3.95. The molecule has 0 atom stereocenters. The fourth-order valence-corrected chi connectivity index (χ4v) is 1.80. The molecule has 1 aromatic heterocycles. The summed E-state index contributed by atoms with van der Waals surface area (Å²) < 4.78 is 1.96. The molecule has 4 heteroatoms. The first-order chi connectivity index (χ1) is 8.09. The van der Waals surface area contributed by atoms with Gasteiger partial charge in [-0.05, 0) is 19.9 Å². The van der Waals surface area contributed by atoms with Crippen molar-refractivity contribution in [3.63, 3.8) is 0 Å². The van der Waals surface area contributed by atoms with Crippen molar-refractivity contribution in [2.75, 3.05) is 0 Å². The number of nitrogens with zero attached hydrogens (tertiary/aromatic N) is 1. The van der Waals surface area contributed by atoms with Crippen LogP contribution in [0, 0.1) is 0 Å². The minimum atomic E-state index is -0.101. The third kappa shape index (κ3) is 2.31. The van der Waals surface area contributed by atoms with E-state index in [1.54, 1.807) is 0 Å². The molecule has 4 nitrogen and oxygen atoms in total. The predicted molar refractivity (Wildman–Crippen MR) is 68.7 cm³/mol. The third-order valence-electron chi connectivity index (χ3n) is 2.62. The molecule has 0 bridgehead atoms. The van der Waals surface area contributed by atoms with Crippen LogP contribution in [-0.2, 0) is 7.05 Å². The number of aryl methyl sites for hydroxylation is 1. The summed E-state index contributed by atoms with van der Waals surface area (Å²) in [5, 5.41) is 0.970. The first-order valence-corrected chi connectivity index (χ1v) is 5.69. The van der Waals surface area contributed by atoms with E-state index >= 15 is 0 Å². The van der Waals surface area contributed by atoms with Crippen LogP contribution in [-0.4, -0.2) is 16.5 Å². The maximum Gasteiger partial charge on any atom is 0.267 e. The first kappa shape index (κ1) is 11.7. The van der Waals surface area contributed by atoms with Crippen molar-refractivity contribution >= 4 is 16.8 Å². The number of benzene rings is 1. The van der Waals surface area contributed by atoms with Gasteiger partial charge in [0.2, 0.25) is 0 Å². The lowest BCUT2D eigenvalue weighted by molar-refractivity contribution is 0.0929. The van der Waals surface area contributed by atoms with E-state index in [2.05, 4.69) is 10.9 Å². The molecule has 90 valence electrons. The van der Waals surface area contributed by atoms with Gasteiger partial charge in [0.25, 0.3) is 5.91 Å². The highest BCUT2D eigenvalue weighted by Crippen LogP contribution is 2.19. The van der Waals surface area contributed by atoms with Crippen LogP contribution < -0.4 is 10.9 Å². The minimum absolute atomic E-state index is 0.101. The van der Waals surface area contributed by atoms with Gasteiger partial charge in [-0.2, -0.15) is 0 Å². The summed E-state index contributed by atoms with van der Waals surface area (Å²) in [5.74, 6) is -0.101. The van der Waals surface area contributed by atoms with Gasteiger partial charge in [0, 0.05) is 30.2 Å². The van der Waals surface area contributed by atoms with Gasteiger partial charge in [-0.25, -0.2) is 5.43 Å². The van der Waals surface area contributed by atoms with E-state index in [0.717, 1.165) is 10.9 Å². The van der Waals surface area contributed by atoms with E-state index in [0.29, 0.717) is 5.56 Å². The van der Waals surface area contributed by atoms with Gasteiger partial charge in [0.1, 0.15) is 0 Å². The van der Waals surface area contributed by atoms with Crippen LogP contribution in [0.5, 0.6) is 0 Å². The van der Waals surface area contributed by atoms with E-state index < -0.39 is 0 Å². The molecule has 0 saturated heterocycles. The number of carbonyl (C=O) groups excluding carboxylic acids is 1. The molecule has 2 aromatic rings. The van der Waals surface area contributed by atoms with Crippen molar-refractivity contribution in [3.8, 4) is 0 Å². The number of nitrogens with one attached hydrogen (secondary N) is 2. The number of para-hydroxylation sites is 1. The number of carbonyl (C=O) groups is 1. The van der Waals surface area contributed by atoms with Crippen LogP contribution in [0.25, 0.3) is 10.9 Å². The van der Waals surface area contributed by atoms with Crippen LogP contribution in [0.15, 0.2) is 30.5 Å². The Morgan fingerprint density at radius 2 is 2.00 bits per heavy atom. The molecule has 0 radical (unpaired) electrons. The van der Waals surface area contributed by atoms with Gasteiger partial charge >= 0.3 is 0 Å². The van der Waals surface area contributed by atoms with Gasteiger partial charge in [-0.15, -0.1) is 0 Å². The smallest absolute Gasteiger partial charge is 0.267 e. The Balaban J connectivity index is 2.32. The highest BCUT2D eigenvalue weighted by atomic mass is 16.2. The van der Waals surface area contributed by atoms with Gasteiger partial charge in [0.15, 0.2) is 0 Å². The second-order valence-electron chi connectivity index (χ2n) is 4.42. The maximum absolute atomic E-state index is 12.0. The Labute approximate surface area is 101 Å². The Hall–Kier alpha value is -1.81. The fourth-order valence-electron chi connectivity index (χ4n) is 1.80. The summed E-state index contributed by atoms with van der Waals surface area (Å²) >= 11 is 0. The average Bonchev–Trinajstić information content (AvgIpc) is 2.65. The van der Waals surface area contributed by atoms with Crippen LogP contribution in [0.3, 0.4) is 0 Å². The molecule has 1 amide bonds. The van der Waals surface area contributed by atoms with Crippen molar-refractivity contribution < 1.29 is 4.79 Å². The van der Waals surface area contributed by atoms with Crippen LogP contribution in [0.1, 0.15) is 24.2 Å². The lowest BCUT2D eigenvalue weighted by atomic mass is 10.2. The molecule has 0 unspecified atom stereocenters. The number of aromatic nitrogens is 1. The summed E-state index contributed by atoms with van der Waals surface area (Å²) in [6, 6.07) is 8.08. The van der Waals surface area contributed by atoms with Gasteiger partial charge in [0.05, 0.1) is 5.56 Å². The zero-order valence-corrected chi connectivity index (χ0v) is 10.3. The van der Waals surface area contributed by atoms with E-state index in [9.17, 15) is 4.79 Å². The van der Waals surface area contributed by atoms with Crippen LogP contribution in [0.2, 0.25) is 0 Å². The quantitative estimate of drug-likeness (QED) is 0.791. The van der Waals surface area contributed by atoms with E-state index in [-0.39, 0.29) is 11.9 Å². The molecular formula is C13H17N3O. The average molecular weight is 231 g/mol. The number of rotatable bonds is 3. The SMILES string of the molecule is CC(C)NNC(=O)c1cn(C)c2ccccc12. The standard InChI is InChI=1S/C13H17N3O/c1-9(2)14-15-13(17)11-8-16(3)12-7-5-4-6-10(11)12/h4-9,14H,1-3H3,(H,15,17). The third-order valence-corrected chi connectivity index (χ3v) is 2.62. The topological polar surface area (TPSA) is 46.1 Å². The molecule has 2 N–H and O–H groups in total. The molecule has 0 spiro atoms. The molecule has 2 rings (SSSR count). The van der Waals surface area contributed by atoms with E-state index in [1.165, 1.54) is 0 Å². The van der Waals surface area contributed by atoms with Gasteiger partial charge in [-0.3, -0.25) is 10.2 Å². The molecule has 0 fully saturated rings. The summed E-state index contributed by atoms with van der Waals surface area (Å²) in [4.78, 5) is 12.0. The number of hydrazine groups is 1.